The minimum atomic E-state index is -0.811. The van der Waals surface area contributed by atoms with Gasteiger partial charge in [0.2, 0.25) is 0 Å². The molecule has 1 unspecified atom stereocenters. The third-order valence-corrected chi connectivity index (χ3v) is 12.2. The minimum absolute atomic E-state index is 0.107. The molecular formula is C70H110O6. The molecule has 0 amide bonds. The number of allylic oxidation sites excluding steroid dienone is 26. The van der Waals surface area contributed by atoms with Crippen molar-refractivity contribution in [2.45, 2.75) is 252 Å². The fourth-order valence-electron chi connectivity index (χ4n) is 7.72. The van der Waals surface area contributed by atoms with Crippen LogP contribution in [0.25, 0.3) is 0 Å². The standard InChI is InChI=1S/C70H110O6/c1-4-7-10-13-16-19-22-25-27-28-29-30-31-32-33-34-35-36-37-38-39-40-41-42-43-46-48-51-54-57-60-63-69(72)75-66-67(65-74-68(71)62-59-56-53-50-47-44-24-21-18-15-12-9-6-3)76-70(73)64-61-58-55-52-49-45-26-23-20-17-14-11-8-5-2/h7,9-10,12,14,16-19,21,23,25-27,29-30,32-33,35-36,38-39,41-42,44,47,67H,4-6,8,11,13,15,20,22,24,28,31,34,37,40,43,45-46,48-66H2,1-3H3/b10-7-,12-9-,17-14-,19-16-,21-18-,26-23-,27-25-,30-29-,33-32-,36-35-,39-38-,42-41-,47-44-. The molecule has 0 radical (unpaired) electrons. The van der Waals surface area contributed by atoms with Crippen molar-refractivity contribution in [2.75, 3.05) is 13.2 Å². The zero-order chi connectivity index (χ0) is 55.0. The van der Waals surface area contributed by atoms with E-state index in [1.165, 1.54) is 32.1 Å². The normalized spacial score (nSPS) is 13.2. The van der Waals surface area contributed by atoms with Gasteiger partial charge in [0.1, 0.15) is 13.2 Å². The van der Waals surface area contributed by atoms with Gasteiger partial charge in [-0.1, -0.05) is 243 Å². The fourth-order valence-corrected chi connectivity index (χ4v) is 7.72. The highest BCUT2D eigenvalue weighted by atomic mass is 16.6. The smallest absolute Gasteiger partial charge is 0.306 e. The van der Waals surface area contributed by atoms with Gasteiger partial charge in [-0.15, -0.1) is 0 Å². The Kier molecular flexibility index (Phi) is 58.5. The molecule has 0 saturated carbocycles. The topological polar surface area (TPSA) is 78.9 Å². The van der Waals surface area contributed by atoms with Gasteiger partial charge in [-0.05, 0) is 141 Å². The highest BCUT2D eigenvalue weighted by Gasteiger charge is 2.19. The molecule has 0 aliphatic carbocycles. The van der Waals surface area contributed by atoms with Crippen molar-refractivity contribution in [3.63, 3.8) is 0 Å². The van der Waals surface area contributed by atoms with Gasteiger partial charge in [-0.2, -0.15) is 0 Å². The first kappa shape index (κ1) is 71.0. The Morgan fingerprint density at radius 3 is 0.816 bits per heavy atom. The molecule has 426 valence electrons. The van der Waals surface area contributed by atoms with E-state index in [2.05, 4.69) is 179 Å². The van der Waals surface area contributed by atoms with Crippen molar-refractivity contribution in [1.29, 1.82) is 0 Å². The summed E-state index contributed by atoms with van der Waals surface area (Å²) in [5.41, 5.74) is 0. The molecule has 6 nitrogen and oxygen atoms in total. The summed E-state index contributed by atoms with van der Waals surface area (Å²) in [6.07, 6.45) is 91.0. The molecule has 76 heavy (non-hydrogen) atoms. The molecule has 0 spiro atoms. The van der Waals surface area contributed by atoms with E-state index in [4.69, 9.17) is 14.2 Å². The molecule has 0 aromatic rings. The first-order chi connectivity index (χ1) is 37.5. The monoisotopic (exact) mass is 1050 g/mol. The lowest BCUT2D eigenvalue weighted by Gasteiger charge is -2.18. The predicted molar refractivity (Wildman–Crippen MR) is 329 cm³/mol. The quantitative estimate of drug-likeness (QED) is 0.0261. The van der Waals surface area contributed by atoms with Crippen LogP contribution in [-0.2, 0) is 28.6 Å². The van der Waals surface area contributed by atoms with Crippen LogP contribution in [0.3, 0.4) is 0 Å². The van der Waals surface area contributed by atoms with Crippen LogP contribution in [0.4, 0.5) is 0 Å². The van der Waals surface area contributed by atoms with Gasteiger partial charge in [0.05, 0.1) is 0 Å². The van der Waals surface area contributed by atoms with Crippen molar-refractivity contribution < 1.29 is 28.6 Å². The summed E-state index contributed by atoms with van der Waals surface area (Å²) in [6, 6.07) is 0. The van der Waals surface area contributed by atoms with Crippen LogP contribution < -0.4 is 0 Å². The predicted octanol–water partition coefficient (Wildman–Crippen LogP) is 20.9. The zero-order valence-electron chi connectivity index (χ0n) is 48.7. The Balaban J connectivity index is 4.36. The van der Waals surface area contributed by atoms with Crippen LogP contribution in [0.2, 0.25) is 0 Å². The second-order valence-electron chi connectivity index (χ2n) is 19.5. The van der Waals surface area contributed by atoms with Gasteiger partial charge in [0, 0.05) is 19.3 Å². The summed E-state index contributed by atoms with van der Waals surface area (Å²) in [7, 11) is 0. The molecule has 0 aliphatic rings. The number of ether oxygens (including phenoxy) is 3. The Morgan fingerprint density at radius 2 is 0.513 bits per heavy atom. The molecule has 0 aliphatic heterocycles. The molecule has 1 atom stereocenters. The van der Waals surface area contributed by atoms with Crippen LogP contribution in [-0.4, -0.2) is 37.2 Å². The number of unbranched alkanes of at least 4 members (excludes halogenated alkanes) is 16. The SMILES string of the molecule is CC/C=C\C/C=C\C/C=C\C/C=C\C/C=C\C/C=C\C/C=C\C/C=C\CCCCCCCCC(=O)OCC(COC(=O)CCCCC/C=C\C/C=C\C/C=C\CC)OC(=O)CCCCCCC/C=C\C/C=C\CCCC. The number of carbonyl (C=O) groups is 3. The maximum absolute atomic E-state index is 12.8. The van der Waals surface area contributed by atoms with E-state index < -0.39 is 6.10 Å². The number of rotatable bonds is 53. The van der Waals surface area contributed by atoms with E-state index in [-0.39, 0.29) is 31.1 Å². The van der Waals surface area contributed by atoms with Crippen LogP contribution >= 0.6 is 0 Å². The Labute approximate surface area is 467 Å². The van der Waals surface area contributed by atoms with E-state index in [9.17, 15) is 14.4 Å². The summed E-state index contributed by atoms with van der Waals surface area (Å²) >= 11 is 0. The second-order valence-corrected chi connectivity index (χ2v) is 19.5. The fraction of sp³-hybridized carbons (Fsp3) is 0.586. The molecule has 0 aromatic carbocycles. The van der Waals surface area contributed by atoms with Crippen LogP contribution in [0.15, 0.2) is 158 Å². The molecule has 0 N–H and O–H groups in total. The van der Waals surface area contributed by atoms with Gasteiger partial charge in [0.15, 0.2) is 6.10 Å². The molecular weight excluding hydrogens is 937 g/mol. The summed E-state index contributed by atoms with van der Waals surface area (Å²) in [6.45, 7) is 6.30. The maximum atomic E-state index is 12.8. The van der Waals surface area contributed by atoms with Crippen molar-refractivity contribution in [3.8, 4) is 0 Å². The Bertz CT molecular complexity index is 1720. The molecule has 0 saturated heterocycles. The Morgan fingerprint density at radius 1 is 0.276 bits per heavy atom. The third kappa shape index (κ3) is 59.9. The lowest BCUT2D eigenvalue weighted by molar-refractivity contribution is -0.167. The van der Waals surface area contributed by atoms with Gasteiger partial charge in [0.25, 0.3) is 0 Å². The molecule has 0 bridgehead atoms. The highest BCUT2D eigenvalue weighted by Crippen LogP contribution is 2.13. The van der Waals surface area contributed by atoms with Gasteiger partial charge < -0.3 is 14.2 Å². The summed E-state index contributed by atoms with van der Waals surface area (Å²) in [5.74, 6) is -0.972. The molecule has 0 aromatic heterocycles. The van der Waals surface area contributed by atoms with Gasteiger partial charge in [-0.3, -0.25) is 14.4 Å². The summed E-state index contributed by atoms with van der Waals surface area (Å²) < 4.78 is 16.8. The minimum Gasteiger partial charge on any atom is -0.462 e. The lowest BCUT2D eigenvalue weighted by Crippen LogP contribution is -2.30. The zero-order valence-corrected chi connectivity index (χ0v) is 48.7. The molecule has 6 heteroatoms. The summed E-state index contributed by atoms with van der Waals surface area (Å²) in [5, 5.41) is 0. The second kappa shape index (κ2) is 62.6. The number of hydrogen-bond donors (Lipinski definition) is 0. The van der Waals surface area contributed by atoms with Crippen LogP contribution in [0.5, 0.6) is 0 Å². The number of esters is 3. The van der Waals surface area contributed by atoms with E-state index in [1.807, 2.05) is 0 Å². The Hall–Kier alpha value is -4.97. The molecule has 0 heterocycles. The maximum Gasteiger partial charge on any atom is 0.306 e. The van der Waals surface area contributed by atoms with E-state index in [0.29, 0.717) is 19.3 Å². The summed E-state index contributed by atoms with van der Waals surface area (Å²) in [4.78, 5) is 38.2. The largest absolute Gasteiger partial charge is 0.462 e. The lowest BCUT2D eigenvalue weighted by atomic mass is 10.1. The van der Waals surface area contributed by atoms with Crippen LogP contribution in [0.1, 0.15) is 245 Å². The van der Waals surface area contributed by atoms with E-state index in [1.54, 1.807) is 0 Å². The van der Waals surface area contributed by atoms with Crippen molar-refractivity contribution in [2.24, 2.45) is 0 Å². The van der Waals surface area contributed by atoms with Crippen molar-refractivity contribution >= 4 is 17.9 Å². The van der Waals surface area contributed by atoms with Crippen LogP contribution in [0, 0.1) is 0 Å². The number of hydrogen-bond acceptors (Lipinski definition) is 6. The van der Waals surface area contributed by atoms with E-state index >= 15 is 0 Å². The third-order valence-electron chi connectivity index (χ3n) is 12.2. The van der Waals surface area contributed by atoms with E-state index in [0.717, 1.165) is 173 Å². The number of carbonyl (C=O) groups excluding carboxylic acids is 3. The average Bonchev–Trinajstić information content (AvgIpc) is 3.42. The first-order valence-corrected chi connectivity index (χ1v) is 30.5. The highest BCUT2D eigenvalue weighted by molar-refractivity contribution is 5.71. The average molecular weight is 1050 g/mol. The van der Waals surface area contributed by atoms with Crippen molar-refractivity contribution in [3.05, 3.63) is 158 Å². The van der Waals surface area contributed by atoms with Crippen molar-refractivity contribution in [1.82, 2.24) is 0 Å². The van der Waals surface area contributed by atoms with Gasteiger partial charge >= 0.3 is 17.9 Å². The molecule has 0 rings (SSSR count). The first-order valence-electron chi connectivity index (χ1n) is 30.5. The van der Waals surface area contributed by atoms with Gasteiger partial charge in [-0.25, -0.2) is 0 Å². The molecule has 0 fully saturated rings.